The van der Waals surface area contributed by atoms with Gasteiger partial charge in [-0.2, -0.15) is 0 Å². The van der Waals surface area contributed by atoms with Crippen molar-refractivity contribution < 1.29 is 17.9 Å². The molecule has 1 amide bonds. The Kier molecular flexibility index (Phi) is 7.94. The third-order valence-corrected chi connectivity index (χ3v) is 8.31. The van der Waals surface area contributed by atoms with E-state index in [4.69, 9.17) is 4.74 Å². The van der Waals surface area contributed by atoms with Gasteiger partial charge in [-0.3, -0.25) is 4.79 Å². The molecule has 8 nitrogen and oxygen atoms in total. The van der Waals surface area contributed by atoms with Gasteiger partial charge in [0.2, 0.25) is 15.9 Å². The molecular weight excluding hydrogens is 536 g/mol. The number of amides is 1. The second-order valence-corrected chi connectivity index (χ2v) is 13.8. The minimum Gasteiger partial charge on any atom is -0.472 e. The number of hydrogen-bond donors (Lipinski definition) is 1. The second-order valence-electron chi connectivity index (χ2n) is 12.0. The molecule has 0 bridgehead atoms. The Labute approximate surface area is 242 Å². The lowest BCUT2D eigenvalue weighted by Crippen LogP contribution is -2.32. The number of sulfonamides is 1. The molecule has 0 spiro atoms. The molecule has 2 aromatic carbocycles. The Hall–Kier alpha value is -3.69. The zero-order valence-electron chi connectivity index (χ0n) is 24.3. The van der Waals surface area contributed by atoms with Crippen molar-refractivity contribution in [2.24, 2.45) is 13.0 Å². The molecule has 1 aliphatic rings. The van der Waals surface area contributed by atoms with E-state index in [0.717, 1.165) is 45.8 Å². The first-order chi connectivity index (χ1) is 19.4. The quantitative estimate of drug-likeness (QED) is 0.315. The van der Waals surface area contributed by atoms with Crippen LogP contribution >= 0.6 is 0 Å². The molecule has 0 unspecified atom stereocenters. The van der Waals surface area contributed by atoms with Gasteiger partial charge in [-0.1, -0.05) is 51.1 Å². The SMILES string of the molecule is Cn1cc(C(=O)N2CC[C@H](CNS(C)(=O)=O)C2)c2cc(-c3cccnc3OCc3ccccc3)cc(C(C)(C)C)c21. The first-order valence-electron chi connectivity index (χ1n) is 13.9. The van der Waals surface area contributed by atoms with Gasteiger partial charge in [0, 0.05) is 50.0 Å². The van der Waals surface area contributed by atoms with E-state index in [1.54, 1.807) is 6.20 Å². The average molecular weight is 575 g/mol. The molecule has 0 aliphatic carbocycles. The fourth-order valence-corrected chi connectivity index (χ4v) is 6.06. The first kappa shape index (κ1) is 28.8. The number of carbonyl (C=O) groups excluding carboxylic acids is 1. The van der Waals surface area contributed by atoms with Gasteiger partial charge in [-0.25, -0.2) is 18.1 Å². The standard InChI is InChI=1S/C32H38N4O4S/c1-32(2,3)28-17-24(25-12-9-14-33-30(25)40-21-22-10-7-6-8-11-22)16-26-27(20-35(4)29(26)28)31(37)36-15-13-23(19-36)18-34-41(5,38)39/h6-12,14,16-17,20,23,34H,13,15,18-19,21H2,1-5H3/t23-/m1/s1. The third kappa shape index (κ3) is 6.47. The Morgan fingerprint density at radius 1 is 1.12 bits per heavy atom. The number of nitrogens with one attached hydrogen (secondary N) is 1. The number of pyridine rings is 1. The van der Waals surface area contributed by atoms with Gasteiger partial charge in [-0.15, -0.1) is 0 Å². The third-order valence-electron chi connectivity index (χ3n) is 7.62. The summed E-state index contributed by atoms with van der Waals surface area (Å²) in [6.45, 7) is 8.38. The predicted octanol–water partition coefficient (Wildman–Crippen LogP) is 5.13. The van der Waals surface area contributed by atoms with Crippen LogP contribution < -0.4 is 9.46 Å². The summed E-state index contributed by atoms with van der Waals surface area (Å²) in [4.78, 5) is 20.3. The number of carbonyl (C=O) groups is 1. The molecule has 0 saturated carbocycles. The van der Waals surface area contributed by atoms with E-state index >= 15 is 0 Å². The fourth-order valence-electron chi connectivity index (χ4n) is 5.52. The topological polar surface area (TPSA) is 93.5 Å². The minimum atomic E-state index is -3.27. The lowest BCUT2D eigenvalue weighted by molar-refractivity contribution is 0.0789. The van der Waals surface area contributed by atoms with Crippen LogP contribution in [0.1, 0.15) is 48.7 Å². The molecule has 1 saturated heterocycles. The molecule has 5 rings (SSSR count). The molecule has 3 heterocycles. The van der Waals surface area contributed by atoms with Crippen molar-refractivity contribution in [2.75, 3.05) is 25.9 Å². The van der Waals surface area contributed by atoms with Gasteiger partial charge in [0.1, 0.15) is 6.61 Å². The number of ether oxygens (including phenoxy) is 1. The summed E-state index contributed by atoms with van der Waals surface area (Å²) < 4.78 is 34.0. The average Bonchev–Trinajstić information content (AvgIpc) is 3.54. The van der Waals surface area contributed by atoms with Crippen LogP contribution in [0, 0.1) is 5.92 Å². The molecule has 1 fully saturated rings. The van der Waals surface area contributed by atoms with Crippen LogP contribution in [0.5, 0.6) is 5.88 Å². The van der Waals surface area contributed by atoms with Gasteiger partial charge in [0.25, 0.3) is 5.91 Å². The van der Waals surface area contributed by atoms with E-state index in [9.17, 15) is 13.2 Å². The molecule has 2 aromatic heterocycles. The van der Waals surface area contributed by atoms with E-state index in [1.807, 2.05) is 65.2 Å². The Morgan fingerprint density at radius 3 is 2.59 bits per heavy atom. The van der Waals surface area contributed by atoms with Crippen LogP contribution in [0.2, 0.25) is 0 Å². The predicted molar refractivity (Wildman–Crippen MR) is 162 cm³/mol. The van der Waals surface area contributed by atoms with Crippen LogP contribution in [-0.4, -0.2) is 54.7 Å². The van der Waals surface area contributed by atoms with Crippen molar-refractivity contribution in [3.05, 3.63) is 83.7 Å². The molecule has 1 aliphatic heterocycles. The highest BCUT2D eigenvalue weighted by atomic mass is 32.2. The normalized spacial score (nSPS) is 15.9. The highest BCUT2D eigenvalue weighted by Crippen LogP contribution is 2.39. The van der Waals surface area contributed by atoms with Crippen molar-refractivity contribution in [2.45, 2.75) is 39.2 Å². The van der Waals surface area contributed by atoms with Crippen LogP contribution in [0.25, 0.3) is 22.0 Å². The van der Waals surface area contributed by atoms with Crippen molar-refractivity contribution in [1.82, 2.24) is 19.2 Å². The van der Waals surface area contributed by atoms with Crippen molar-refractivity contribution in [3.8, 4) is 17.0 Å². The molecule has 1 N–H and O–H groups in total. The number of likely N-dealkylation sites (tertiary alicyclic amines) is 1. The number of hydrogen-bond acceptors (Lipinski definition) is 5. The summed E-state index contributed by atoms with van der Waals surface area (Å²) in [5.41, 5.74) is 5.46. The largest absolute Gasteiger partial charge is 0.472 e. The molecular formula is C32H38N4O4S. The summed E-state index contributed by atoms with van der Waals surface area (Å²) >= 11 is 0. The van der Waals surface area contributed by atoms with Crippen LogP contribution in [0.15, 0.2) is 67.0 Å². The minimum absolute atomic E-state index is 0.0406. The number of aromatic nitrogens is 2. The second kappa shape index (κ2) is 11.3. The maximum atomic E-state index is 13.9. The van der Waals surface area contributed by atoms with E-state index in [-0.39, 0.29) is 17.2 Å². The lowest BCUT2D eigenvalue weighted by atomic mass is 9.83. The van der Waals surface area contributed by atoms with Crippen molar-refractivity contribution in [1.29, 1.82) is 0 Å². The van der Waals surface area contributed by atoms with Gasteiger partial charge in [0.05, 0.1) is 17.3 Å². The summed E-state index contributed by atoms with van der Waals surface area (Å²) in [5, 5.41) is 0.885. The number of aryl methyl sites for hydroxylation is 1. The highest BCUT2D eigenvalue weighted by Gasteiger charge is 2.31. The molecule has 9 heteroatoms. The van der Waals surface area contributed by atoms with Crippen LogP contribution in [-0.2, 0) is 29.1 Å². The number of fused-ring (bicyclic) bond motifs is 1. The molecule has 0 radical (unpaired) electrons. The monoisotopic (exact) mass is 574 g/mol. The summed E-state index contributed by atoms with van der Waals surface area (Å²) in [6.07, 6.45) is 5.57. The number of benzene rings is 2. The lowest BCUT2D eigenvalue weighted by Gasteiger charge is -2.23. The summed E-state index contributed by atoms with van der Waals surface area (Å²) in [6, 6.07) is 18.2. The van der Waals surface area contributed by atoms with Crippen LogP contribution in [0.3, 0.4) is 0 Å². The van der Waals surface area contributed by atoms with Crippen molar-refractivity contribution in [3.63, 3.8) is 0 Å². The Bertz CT molecular complexity index is 1670. The van der Waals surface area contributed by atoms with Crippen LogP contribution in [0.4, 0.5) is 0 Å². The van der Waals surface area contributed by atoms with E-state index < -0.39 is 10.0 Å². The number of nitrogens with zero attached hydrogens (tertiary/aromatic N) is 3. The maximum Gasteiger partial charge on any atom is 0.256 e. The smallest absolute Gasteiger partial charge is 0.256 e. The molecule has 216 valence electrons. The molecule has 4 aromatic rings. The summed E-state index contributed by atoms with van der Waals surface area (Å²) in [5.74, 6) is 0.588. The fraction of sp³-hybridized carbons (Fsp3) is 0.375. The van der Waals surface area contributed by atoms with E-state index in [2.05, 4.69) is 42.6 Å². The van der Waals surface area contributed by atoms with Gasteiger partial charge in [0.15, 0.2) is 0 Å². The first-order valence-corrected chi connectivity index (χ1v) is 15.8. The van der Waals surface area contributed by atoms with Gasteiger partial charge >= 0.3 is 0 Å². The summed E-state index contributed by atoms with van der Waals surface area (Å²) in [7, 11) is -1.29. The van der Waals surface area contributed by atoms with E-state index in [1.165, 1.54) is 0 Å². The van der Waals surface area contributed by atoms with Gasteiger partial charge in [-0.05, 0) is 58.7 Å². The maximum absolute atomic E-state index is 13.9. The molecule has 1 atom stereocenters. The molecule has 41 heavy (non-hydrogen) atoms. The van der Waals surface area contributed by atoms with E-state index in [0.29, 0.717) is 37.7 Å². The highest BCUT2D eigenvalue weighted by molar-refractivity contribution is 7.88. The Morgan fingerprint density at radius 2 is 1.88 bits per heavy atom. The van der Waals surface area contributed by atoms with Gasteiger partial charge < -0.3 is 14.2 Å². The van der Waals surface area contributed by atoms with Crippen molar-refractivity contribution >= 4 is 26.8 Å². The Balaban J connectivity index is 1.53. The number of rotatable bonds is 8. The zero-order chi connectivity index (χ0) is 29.4. The zero-order valence-corrected chi connectivity index (χ0v) is 25.2.